The standard InChI is InChI=1S/C13H25NO/c1-13(2)7-6-12(15)10(8-13)9-14(3)11-4-5-11/h10-12,15H,4-9H2,1-3H3. The summed E-state index contributed by atoms with van der Waals surface area (Å²) < 4.78 is 0. The number of aliphatic hydroxyl groups excluding tert-OH is 1. The van der Waals surface area contributed by atoms with Crippen molar-refractivity contribution in [3.63, 3.8) is 0 Å². The molecular weight excluding hydrogens is 186 g/mol. The van der Waals surface area contributed by atoms with Crippen LogP contribution in [0.1, 0.15) is 46.0 Å². The molecule has 0 aromatic rings. The molecule has 2 rings (SSSR count). The highest BCUT2D eigenvalue weighted by Gasteiger charge is 2.36. The molecule has 2 saturated carbocycles. The van der Waals surface area contributed by atoms with E-state index in [9.17, 15) is 5.11 Å². The van der Waals surface area contributed by atoms with E-state index in [1.54, 1.807) is 0 Å². The second-order valence-electron chi connectivity index (χ2n) is 6.41. The Hall–Kier alpha value is -0.0800. The van der Waals surface area contributed by atoms with Crippen molar-refractivity contribution in [3.8, 4) is 0 Å². The van der Waals surface area contributed by atoms with Crippen molar-refractivity contribution in [2.45, 2.75) is 58.1 Å². The number of nitrogens with zero attached hydrogens (tertiary/aromatic N) is 1. The van der Waals surface area contributed by atoms with Gasteiger partial charge in [0.05, 0.1) is 6.10 Å². The number of rotatable bonds is 3. The molecule has 2 atom stereocenters. The van der Waals surface area contributed by atoms with Gasteiger partial charge in [0.2, 0.25) is 0 Å². The summed E-state index contributed by atoms with van der Waals surface area (Å²) in [4.78, 5) is 2.45. The molecule has 0 bridgehead atoms. The van der Waals surface area contributed by atoms with Crippen LogP contribution in [0, 0.1) is 11.3 Å². The average molecular weight is 211 g/mol. The van der Waals surface area contributed by atoms with Gasteiger partial charge in [-0.15, -0.1) is 0 Å². The second kappa shape index (κ2) is 4.06. The Bertz CT molecular complexity index is 223. The van der Waals surface area contributed by atoms with E-state index >= 15 is 0 Å². The van der Waals surface area contributed by atoms with Gasteiger partial charge in [0.25, 0.3) is 0 Å². The van der Waals surface area contributed by atoms with Gasteiger partial charge in [-0.3, -0.25) is 0 Å². The third-order valence-electron chi connectivity index (χ3n) is 4.17. The van der Waals surface area contributed by atoms with Gasteiger partial charge in [-0.05, 0) is 50.5 Å². The van der Waals surface area contributed by atoms with Crippen molar-refractivity contribution in [1.82, 2.24) is 4.90 Å². The lowest BCUT2D eigenvalue weighted by molar-refractivity contribution is 0.00671. The van der Waals surface area contributed by atoms with E-state index in [4.69, 9.17) is 0 Å². The zero-order valence-corrected chi connectivity index (χ0v) is 10.4. The van der Waals surface area contributed by atoms with Crippen LogP contribution in [0.15, 0.2) is 0 Å². The molecule has 1 N–H and O–H groups in total. The first-order chi connectivity index (χ1) is 6.98. The van der Waals surface area contributed by atoms with Gasteiger partial charge in [0, 0.05) is 12.6 Å². The van der Waals surface area contributed by atoms with Crippen molar-refractivity contribution in [2.75, 3.05) is 13.6 Å². The Morgan fingerprint density at radius 2 is 1.93 bits per heavy atom. The maximum Gasteiger partial charge on any atom is 0.0581 e. The van der Waals surface area contributed by atoms with Crippen LogP contribution in [0.4, 0.5) is 0 Å². The van der Waals surface area contributed by atoms with Crippen molar-refractivity contribution in [1.29, 1.82) is 0 Å². The predicted octanol–water partition coefficient (Wildman–Crippen LogP) is 2.27. The zero-order valence-electron chi connectivity index (χ0n) is 10.4. The average Bonchev–Trinajstić information content (AvgIpc) is 2.94. The fraction of sp³-hybridized carbons (Fsp3) is 1.00. The Morgan fingerprint density at radius 1 is 1.27 bits per heavy atom. The molecule has 15 heavy (non-hydrogen) atoms. The van der Waals surface area contributed by atoms with Gasteiger partial charge in [-0.2, -0.15) is 0 Å². The van der Waals surface area contributed by atoms with E-state index in [0.717, 1.165) is 19.0 Å². The Kier molecular flexibility index (Phi) is 3.09. The number of aliphatic hydroxyl groups is 1. The van der Waals surface area contributed by atoms with Gasteiger partial charge in [-0.1, -0.05) is 13.8 Å². The van der Waals surface area contributed by atoms with E-state index in [-0.39, 0.29) is 6.10 Å². The molecule has 88 valence electrons. The summed E-state index contributed by atoms with van der Waals surface area (Å²) in [6, 6.07) is 0.822. The summed E-state index contributed by atoms with van der Waals surface area (Å²) >= 11 is 0. The summed E-state index contributed by atoms with van der Waals surface area (Å²) in [6.45, 7) is 5.77. The summed E-state index contributed by atoms with van der Waals surface area (Å²) in [5.41, 5.74) is 0.439. The molecule has 2 heteroatoms. The second-order valence-corrected chi connectivity index (χ2v) is 6.41. The molecule has 2 aliphatic carbocycles. The van der Waals surface area contributed by atoms with Crippen LogP contribution in [0.3, 0.4) is 0 Å². The molecule has 2 fully saturated rings. The third-order valence-corrected chi connectivity index (χ3v) is 4.17. The highest BCUT2D eigenvalue weighted by atomic mass is 16.3. The first-order valence-corrected chi connectivity index (χ1v) is 6.36. The lowest BCUT2D eigenvalue weighted by Crippen LogP contribution is -2.40. The number of hydrogen-bond acceptors (Lipinski definition) is 2. The predicted molar refractivity (Wildman–Crippen MR) is 62.8 cm³/mol. The summed E-state index contributed by atoms with van der Waals surface area (Å²) in [5, 5.41) is 10.0. The van der Waals surface area contributed by atoms with Gasteiger partial charge < -0.3 is 10.0 Å². The minimum atomic E-state index is -0.0563. The Labute approximate surface area is 93.7 Å². The van der Waals surface area contributed by atoms with Crippen LogP contribution in [0.25, 0.3) is 0 Å². The maximum atomic E-state index is 10.0. The van der Waals surface area contributed by atoms with Gasteiger partial charge in [-0.25, -0.2) is 0 Å². The highest BCUT2D eigenvalue weighted by molar-refractivity contribution is 4.89. The lowest BCUT2D eigenvalue weighted by Gasteiger charge is -2.40. The minimum Gasteiger partial charge on any atom is -0.393 e. The normalized spacial score (nSPS) is 35.8. The monoisotopic (exact) mass is 211 g/mol. The maximum absolute atomic E-state index is 10.0. The molecule has 0 aromatic carbocycles. The van der Waals surface area contributed by atoms with Crippen molar-refractivity contribution < 1.29 is 5.11 Å². The van der Waals surface area contributed by atoms with Crippen LogP contribution in [-0.4, -0.2) is 35.7 Å². The Morgan fingerprint density at radius 3 is 2.53 bits per heavy atom. The van der Waals surface area contributed by atoms with Crippen LogP contribution in [0.5, 0.6) is 0 Å². The van der Waals surface area contributed by atoms with Gasteiger partial charge >= 0.3 is 0 Å². The molecule has 2 unspecified atom stereocenters. The molecule has 0 spiro atoms. The zero-order chi connectivity index (χ0) is 11.1. The molecule has 0 saturated heterocycles. The highest BCUT2D eigenvalue weighted by Crippen LogP contribution is 2.39. The minimum absolute atomic E-state index is 0.0563. The Balaban J connectivity index is 1.87. The molecule has 0 aromatic heterocycles. The van der Waals surface area contributed by atoms with E-state index in [1.807, 2.05) is 0 Å². The van der Waals surface area contributed by atoms with Crippen LogP contribution in [-0.2, 0) is 0 Å². The van der Waals surface area contributed by atoms with Crippen molar-refractivity contribution in [3.05, 3.63) is 0 Å². The van der Waals surface area contributed by atoms with Crippen LogP contribution >= 0.6 is 0 Å². The lowest BCUT2D eigenvalue weighted by atomic mass is 9.71. The summed E-state index contributed by atoms with van der Waals surface area (Å²) in [7, 11) is 2.21. The fourth-order valence-electron chi connectivity index (χ4n) is 2.94. The largest absolute Gasteiger partial charge is 0.393 e. The van der Waals surface area contributed by atoms with Crippen LogP contribution in [0.2, 0.25) is 0 Å². The van der Waals surface area contributed by atoms with E-state index in [0.29, 0.717) is 11.3 Å². The molecule has 0 radical (unpaired) electrons. The van der Waals surface area contributed by atoms with Crippen molar-refractivity contribution >= 4 is 0 Å². The van der Waals surface area contributed by atoms with Crippen LogP contribution < -0.4 is 0 Å². The SMILES string of the molecule is CN(CC1CC(C)(C)CCC1O)C1CC1. The molecule has 2 nitrogen and oxygen atoms in total. The summed E-state index contributed by atoms with van der Waals surface area (Å²) in [5.74, 6) is 0.499. The van der Waals surface area contributed by atoms with E-state index in [1.165, 1.54) is 25.7 Å². The first-order valence-electron chi connectivity index (χ1n) is 6.36. The fourth-order valence-corrected chi connectivity index (χ4v) is 2.94. The van der Waals surface area contributed by atoms with E-state index < -0.39 is 0 Å². The van der Waals surface area contributed by atoms with Gasteiger partial charge in [0.15, 0.2) is 0 Å². The molecule has 0 heterocycles. The van der Waals surface area contributed by atoms with Crippen molar-refractivity contribution in [2.24, 2.45) is 11.3 Å². The topological polar surface area (TPSA) is 23.5 Å². The molecule has 0 amide bonds. The first kappa shape index (κ1) is 11.4. The molecule has 0 aliphatic heterocycles. The van der Waals surface area contributed by atoms with Gasteiger partial charge in [0.1, 0.15) is 0 Å². The smallest absolute Gasteiger partial charge is 0.0581 e. The van der Waals surface area contributed by atoms with E-state index in [2.05, 4.69) is 25.8 Å². The number of hydrogen-bond donors (Lipinski definition) is 1. The quantitative estimate of drug-likeness (QED) is 0.774. The third kappa shape index (κ3) is 2.94. The molecular formula is C13H25NO. The summed E-state index contributed by atoms with van der Waals surface area (Å²) in [6.07, 6.45) is 6.03. The molecule has 2 aliphatic rings.